The average molecular weight is 431 g/mol. The zero-order chi connectivity index (χ0) is 22.7. The molecule has 0 radical (unpaired) electrons. The number of benzene rings is 1. The Bertz CT molecular complexity index is 1000. The minimum absolute atomic E-state index is 0.659. The SMILES string of the molecule is CC/C=C1\C=C(c2ccc(C)c(C)c2)N=C2C(C)=CC(N3CCC(NCCC)CC3)=CN21. The van der Waals surface area contributed by atoms with Gasteiger partial charge in [0, 0.05) is 36.6 Å². The summed E-state index contributed by atoms with van der Waals surface area (Å²) in [5.74, 6) is 1.05. The predicted molar refractivity (Wildman–Crippen MR) is 136 cm³/mol. The van der Waals surface area contributed by atoms with Crippen LogP contribution in [0, 0.1) is 13.8 Å². The lowest BCUT2D eigenvalue weighted by molar-refractivity contribution is 0.245. The largest absolute Gasteiger partial charge is 0.370 e. The lowest BCUT2D eigenvalue weighted by Gasteiger charge is -2.38. The van der Waals surface area contributed by atoms with Gasteiger partial charge in [-0.15, -0.1) is 0 Å². The normalized spacial score (nSPS) is 20.6. The first kappa shape index (κ1) is 22.6. The molecular weight excluding hydrogens is 392 g/mol. The van der Waals surface area contributed by atoms with Crippen LogP contribution in [0.4, 0.5) is 0 Å². The Hall–Kier alpha value is -2.59. The smallest absolute Gasteiger partial charge is 0.140 e. The van der Waals surface area contributed by atoms with E-state index < -0.39 is 0 Å². The van der Waals surface area contributed by atoms with Crippen molar-refractivity contribution in [2.75, 3.05) is 19.6 Å². The number of fused-ring (bicyclic) bond motifs is 1. The van der Waals surface area contributed by atoms with Crippen molar-refractivity contribution in [3.63, 3.8) is 0 Å². The standard InChI is InChI=1S/C28H38N4/c1-6-8-25-18-27(23-10-9-20(3)21(4)16-23)30-28-22(5)17-26(19-32(25)28)31-14-11-24(12-15-31)29-13-7-2/h8-10,16-19,24,29H,6-7,11-15H2,1-5H3/b25-8+. The quantitative estimate of drug-likeness (QED) is 0.608. The molecule has 0 bridgehead atoms. The fourth-order valence-electron chi connectivity index (χ4n) is 4.68. The molecule has 1 fully saturated rings. The molecule has 1 saturated heterocycles. The summed E-state index contributed by atoms with van der Waals surface area (Å²) >= 11 is 0. The Morgan fingerprint density at radius 1 is 1.06 bits per heavy atom. The van der Waals surface area contributed by atoms with Crippen LogP contribution in [0.2, 0.25) is 0 Å². The van der Waals surface area contributed by atoms with Crippen LogP contribution in [-0.4, -0.2) is 41.3 Å². The van der Waals surface area contributed by atoms with Gasteiger partial charge in [0.15, 0.2) is 0 Å². The molecule has 4 nitrogen and oxygen atoms in total. The van der Waals surface area contributed by atoms with E-state index in [1.165, 1.54) is 52.9 Å². The molecule has 0 aromatic heterocycles. The third-order valence-electron chi connectivity index (χ3n) is 6.75. The molecule has 3 heterocycles. The van der Waals surface area contributed by atoms with Gasteiger partial charge in [-0.1, -0.05) is 32.1 Å². The first-order valence-electron chi connectivity index (χ1n) is 12.3. The molecule has 3 aliphatic rings. The van der Waals surface area contributed by atoms with E-state index in [0.29, 0.717) is 6.04 Å². The van der Waals surface area contributed by atoms with Gasteiger partial charge in [0.1, 0.15) is 5.84 Å². The van der Waals surface area contributed by atoms with Gasteiger partial charge in [-0.05, 0) is 87.9 Å². The highest BCUT2D eigenvalue weighted by atomic mass is 15.2. The third kappa shape index (κ3) is 4.75. The van der Waals surface area contributed by atoms with E-state index in [1.807, 2.05) is 0 Å². The third-order valence-corrected chi connectivity index (χ3v) is 6.75. The summed E-state index contributed by atoms with van der Waals surface area (Å²) in [7, 11) is 0. The van der Waals surface area contributed by atoms with Gasteiger partial charge in [-0.25, -0.2) is 4.99 Å². The van der Waals surface area contributed by atoms with Crippen molar-refractivity contribution in [2.24, 2.45) is 4.99 Å². The lowest BCUT2D eigenvalue weighted by atomic mass is 10.00. The fourth-order valence-corrected chi connectivity index (χ4v) is 4.68. The second-order valence-electron chi connectivity index (χ2n) is 9.27. The van der Waals surface area contributed by atoms with Crippen molar-refractivity contribution in [1.29, 1.82) is 0 Å². The molecule has 4 rings (SSSR count). The number of nitrogens with one attached hydrogen (secondary N) is 1. The number of nitrogens with zero attached hydrogens (tertiary/aromatic N) is 3. The molecule has 32 heavy (non-hydrogen) atoms. The molecule has 0 aliphatic carbocycles. The van der Waals surface area contributed by atoms with E-state index in [2.05, 4.69) is 92.4 Å². The number of aliphatic imine (C=N–C) groups is 1. The average Bonchev–Trinajstić information content (AvgIpc) is 2.80. The zero-order valence-corrected chi connectivity index (χ0v) is 20.4. The number of hydrogen-bond acceptors (Lipinski definition) is 4. The van der Waals surface area contributed by atoms with Gasteiger partial charge < -0.3 is 10.2 Å². The van der Waals surface area contributed by atoms with Crippen LogP contribution in [0.1, 0.15) is 63.1 Å². The molecule has 0 unspecified atom stereocenters. The van der Waals surface area contributed by atoms with E-state index in [1.54, 1.807) is 0 Å². The number of amidine groups is 1. The van der Waals surface area contributed by atoms with Crippen molar-refractivity contribution in [2.45, 2.75) is 66.3 Å². The Morgan fingerprint density at radius 3 is 2.53 bits per heavy atom. The van der Waals surface area contributed by atoms with E-state index in [9.17, 15) is 0 Å². The van der Waals surface area contributed by atoms with Gasteiger partial charge >= 0.3 is 0 Å². The number of hydrogen-bond donors (Lipinski definition) is 1. The van der Waals surface area contributed by atoms with E-state index in [0.717, 1.165) is 37.6 Å². The summed E-state index contributed by atoms with van der Waals surface area (Å²) in [5, 5.41) is 3.69. The Morgan fingerprint density at radius 2 is 1.84 bits per heavy atom. The van der Waals surface area contributed by atoms with Crippen molar-refractivity contribution >= 4 is 11.5 Å². The van der Waals surface area contributed by atoms with Gasteiger partial charge in [0.05, 0.1) is 11.4 Å². The van der Waals surface area contributed by atoms with Crippen LogP contribution >= 0.6 is 0 Å². The molecule has 0 saturated carbocycles. The van der Waals surface area contributed by atoms with Crippen LogP contribution in [0.3, 0.4) is 0 Å². The van der Waals surface area contributed by atoms with Crippen LogP contribution < -0.4 is 5.32 Å². The number of rotatable bonds is 6. The maximum Gasteiger partial charge on any atom is 0.140 e. The summed E-state index contributed by atoms with van der Waals surface area (Å²) in [6.07, 6.45) is 13.8. The van der Waals surface area contributed by atoms with E-state index >= 15 is 0 Å². The number of allylic oxidation sites excluding steroid dienone is 3. The van der Waals surface area contributed by atoms with Crippen LogP contribution in [0.25, 0.3) is 5.70 Å². The Kier molecular flexibility index (Phi) is 7.00. The molecule has 1 aromatic rings. The first-order chi connectivity index (χ1) is 15.5. The highest BCUT2D eigenvalue weighted by molar-refractivity contribution is 6.05. The minimum atomic E-state index is 0.659. The number of aryl methyl sites for hydroxylation is 2. The minimum Gasteiger partial charge on any atom is -0.370 e. The Balaban J connectivity index is 1.59. The van der Waals surface area contributed by atoms with Crippen molar-refractivity contribution < 1.29 is 0 Å². The molecule has 4 heteroatoms. The summed E-state index contributed by atoms with van der Waals surface area (Å²) < 4.78 is 0. The van der Waals surface area contributed by atoms with Crippen molar-refractivity contribution in [1.82, 2.24) is 15.1 Å². The van der Waals surface area contributed by atoms with E-state index in [4.69, 9.17) is 4.99 Å². The van der Waals surface area contributed by atoms with Gasteiger partial charge in [-0.2, -0.15) is 0 Å². The van der Waals surface area contributed by atoms with Crippen LogP contribution in [-0.2, 0) is 0 Å². The number of piperidine rings is 1. The van der Waals surface area contributed by atoms with Crippen LogP contribution in [0.5, 0.6) is 0 Å². The second-order valence-corrected chi connectivity index (χ2v) is 9.27. The zero-order valence-electron chi connectivity index (χ0n) is 20.4. The summed E-state index contributed by atoms with van der Waals surface area (Å²) in [5.41, 5.74) is 8.61. The molecule has 0 atom stereocenters. The summed E-state index contributed by atoms with van der Waals surface area (Å²) in [4.78, 5) is 9.94. The molecular formula is C28H38N4. The molecule has 3 aliphatic heterocycles. The summed E-state index contributed by atoms with van der Waals surface area (Å²) in [6.45, 7) is 14.3. The van der Waals surface area contributed by atoms with Gasteiger partial charge in [0.2, 0.25) is 0 Å². The van der Waals surface area contributed by atoms with Crippen molar-refractivity contribution in [3.8, 4) is 0 Å². The van der Waals surface area contributed by atoms with Gasteiger partial charge in [-0.3, -0.25) is 4.90 Å². The number of likely N-dealkylation sites (tertiary alicyclic amines) is 1. The molecule has 1 aromatic carbocycles. The molecule has 1 N–H and O–H groups in total. The fraction of sp³-hybridized carbons (Fsp3) is 0.464. The monoisotopic (exact) mass is 430 g/mol. The maximum absolute atomic E-state index is 5.11. The second kappa shape index (κ2) is 9.91. The highest BCUT2D eigenvalue weighted by Crippen LogP contribution is 2.33. The first-order valence-corrected chi connectivity index (χ1v) is 12.3. The summed E-state index contributed by atoms with van der Waals surface area (Å²) in [6, 6.07) is 7.30. The predicted octanol–water partition coefficient (Wildman–Crippen LogP) is 5.92. The molecule has 0 spiro atoms. The van der Waals surface area contributed by atoms with Gasteiger partial charge in [0.25, 0.3) is 0 Å². The lowest BCUT2D eigenvalue weighted by Crippen LogP contribution is -2.43. The Labute approximate surface area is 194 Å². The maximum atomic E-state index is 5.11. The van der Waals surface area contributed by atoms with Crippen molar-refractivity contribution in [3.05, 3.63) is 76.3 Å². The van der Waals surface area contributed by atoms with E-state index in [-0.39, 0.29) is 0 Å². The molecule has 0 amide bonds. The molecule has 170 valence electrons. The topological polar surface area (TPSA) is 30.9 Å². The van der Waals surface area contributed by atoms with Crippen LogP contribution in [0.15, 0.2) is 64.6 Å². The highest BCUT2D eigenvalue weighted by Gasteiger charge is 2.27.